The van der Waals surface area contributed by atoms with Crippen LogP contribution in [0.3, 0.4) is 0 Å². The zero-order valence-corrected chi connectivity index (χ0v) is 17.2. The number of anilines is 3. The molecular weight excluding hydrogens is 473 g/mol. The van der Waals surface area contributed by atoms with Crippen molar-refractivity contribution in [1.82, 2.24) is 15.4 Å². The highest BCUT2D eigenvalue weighted by atomic mass is 35.5. The van der Waals surface area contributed by atoms with Crippen molar-refractivity contribution in [3.05, 3.63) is 74.5 Å². The Labute approximate surface area is 188 Å². The Morgan fingerprint density at radius 3 is 2.53 bits per heavy atom. The van der Waals surface area contributed by atoms with Gasteiger partial charge in [0.2, 0.25) is 11.6 Å². The van der Waals surface area contributed by atoms with Crippen LogP contribution in [0, 0.1) is 21.7 Å². The van der Waals surface area contributed by atoms with Gasteiger partial charge in [-0.2, -0.15) is 0 Å². The normalized spacial score (nSPS) is 10.4. The summed E-state index contributed by atoms with van der Waals surface area (Å²) in [6.45, 7) is -0.479. The van der Waals surface area contributed by atoms with Crippen molar-refractivity contribution in [1.29, 1.82) is 0 Å². The number of benzene rings is 2. The summed E-state index contributed by atoms with van der Waals surface area (Å²) in [6, 6.07) is 7.23. The molecule has 0 atom stereocenters. The Hall–Kier alpha value is -3.77. The van der Waals surface area contributed by atoms with Crippen molar-refractivity contribution in [3.8, 4) is 5.75 Å². The first-order chi connectivity index (χ1) is 15.2. The first-order valence-electron chi connectivity index (χ1n) is 8.58. The van der Waals surface area contributed by atoms with Crippen molar-refractivity contribution in [2.45, 2.75) is 0 Å². The van der Waals surface area contributed by atoms with Crippen LogP contribution >= 0.6 is 23.2 Å². The maximum atomic E-state index is 13.4. The number of aromatic nitrogens is 2. The number of nitrogens with one attached hydrogen (secondary N) is 3. The van der Waals surface area contributed by atoms with E-state index in [1.54, 1.807) is 0 Å². The number of amides is 1. The van der Waals surface area contributed by atoms with E-state index in [9.17, 15) is 23.7 Å². The standard InChI is InChI=1S/C18H12Cl2F2N6O4/c19-9-1-4-14(11(20)5-9)32-7-15(29)26-27-18-16(28(30)31)17(23-8-24-18)25-10-2-3-12(21)13(22)6-10/h1-6,8H,7H2,(H,26,29)(H2,23,24,25,27). The van der Waals surface area contributed by atoms with Crippen molar-refractivity contribution in [2.75, 3.05) is 17.3 Å². The summed E-state index contributed by atoms with van der Waals surface area (Å²) in [4.78, 5) is 30.2. The quantitative estimate of drug-likeness (QED) is 0.319. The fraction of sp³-hybridized carbons (Fsp3) is 0.0556. The summed E-state index contributed by atoms with van der Waals surface area (Å²) in [5, 5.41) is 14.6. The maximum Gasteiger partial charge on any atom is 0.355 e. The van der Waals surface area contributed by atoms with E-state index in [2.05, 4.69) is 26.1 Å². The second kappa shape index (κ2) is 10.0. The smallest absolute Gasteiger partial charge is 0.355 e. The highest BCUT2D eigenvalue weighted by Gasteiger charge is 2.24. The third-order valence-corrected chi connectivity index (χ3v) is 4.29. The van der Waals surface area contributed by atoms with Crippen LogP contribution in [0.25, 0.3) is 0 Å². The van der Waals surface area contributed by atoms with Gasteiger partial charge in [-0.15, -0.1) is 0 Å². The van der Waals surface area contributed by atoms with E-state index >= 15 is 0 Å². The number of nitro groups is 1. The summed E-state index contributed by atoms with van der Waals surface area (Å²) >= 11 is 11.7. The number of carbonyl (C=O) groups excluding carboxylic acids is 1. The second-order valence-electron chi connectivity index (χ2n) is 5.97. The van der Waals surface area contributed by atoms with E-state index in [4.69, 9.17) is 27.9 Å². The lowest BCUT2D eigenvalue weighted by molar-refractivity contribution is -0.383. The van der Waals surface area contributed by atoms with Gasteiger partial charge < -0.3 is 10.1 Å². The van der Waals surface area contributed by atoms with Crippen molar-refractivity contribution in [3.63, 3.8) is 0 Å². The van der Waals surface area contributed by atoms with Crippen LogP contribution in [0.2, 0.25) is 10.0 Å². The fourth-order valence-electron chi connectivity index (χ4n) is 2.35. The number of halogens is 4. The van der Waals surface area contributed by atoms with Gasteiger partial charge in [0.05, 0.1) is 9.95 Å². The first-order valence-corrected chi connectivity index (χ1v) is 9.34. The highest BCUT2D eigenvalue weighted by molar-refractivity contribution is 6.35. The van der Waals surface area contributed by atoms with Crippen LogP contribution < -0.4 is 20.9 Å². The lowest BCUT2D eigenvalue weighted by Crippen LogP contribution is -2.34. The molecule has 1 aromatic heterocycles. The van der Waals surface area contributed by atoms with E-state index in [1.165, 1.54) is 24.3 Å². The van der Waals surface area contributed by atoms with E-state index in [0.29, 0.717) is 5.02 Å². The Morgan fingerprint density at radius 1 is 1.09 bits per heavy atom. The highest BCUT2D eigenvalue weighted by Crippen LogP contribution is 2.31. The molecule has 0 aliphatic heterocycles. The molecule has 1 heterocycles. The van der Waals surface area contributed by atoms with Crippen molar-refractivity contribution < 1.29 is 23.2 Å². The van der Waals surface area contributed by atoms with E-state index in [-0.39, 0.29) is 28.1 Å². The second-order valence-corrected chi connectivity index (χ2v) is 6.81. The molecule has 32 heavy (non-hydrogen) atoms. The van der Waals surface area contributed by atoms with E-state index in [1.807, 2.05) is 0 Å². The van der Waals surface area contributed by atoms with Gasteiger partial charge in [0.25, 0.3) is 5.91 Å². The van der Waals surface area contributed by atoms with Gasteiger partial charge in [0.15, 0.2) is 18.2 Å². The van der Waals surface area contributed by atoms with Gasteiger partial charge in [-0.25, -0.2) is 18.7 Å². The molecule has 0 fully saturated rings. The molecule has 0 aliphatic carbocycles. The van der Waals surface area contributed by atoms with E-state index in [0.717, 1.165) is 18.5 Å². The third-order valence-electron chi connectivity index (χ3n) is 3.76. The molecule has 0 saturated heterocycles. The summed E-state index contributed by atoms with van der Waals surface area (Å²) in [5.74, 6) is -3.43. The Morgan fingerprint density at radius 2 is 1.84 bits per heavy atom. The Balaban J connectivity index is 1.69. The molecule has 0 radical (unpaired) electrons. The van der Waals surface area contributed by atoms with E-state index < -0.39 is 34.8 Å². The van der Waals surface area contributed by atoms with Gasteiger partial charge >= 0.3 is 5.69 Å². The number of carbonyl (C=O) groups is 1. The molecule has 1 amide bonds. The predicted octanol–water partition coefficient (Wildman–Crippen LogP) is 4.24. The first kappa shape index (κ1) is 22.9. The molecule has 10 nitrogen and oxygen atoms in total. The predicted molar refractivity (Wildman–Crippen MR) is 112 cm³/mol. The summed E-state index contributed by atoms with van der Waals surface area (Å²) in [5.41, 5.74) is 3.84. The zero-order chi connectivity index (χ0) is 23.3. The van der Waals surface area contributed by atoms with Gasteiger partial charge in [-0.05, 0) is 30.3 Å². The van der Waals surface area contributed by atoms with Crippen LogP contribution in [-0.4, -0.2) is 27.4 Å². The van der Waals surface area contributed by atoms with Crippen molar-refractivity contribution >= 4 is 52.1 Å². The molecule has 166 valence electrons. The summed E-state index contributed by atoms with van der Waals surface area (Å²) in [6.07, 6.45) is 0.966. The Kier molecular flexibility index (Phi) is 7.18. The monoisotopic (exact) mass is 484 g/mol. The molecule has 3 rings (SSSR count). The minimum absolute atomic E-state index is 0.00827. The van der Waals surface area contributed by atoms with Gasteiger partial charge in [-0.3, -0.25) is 25.8 Å². The van der Waals surface area contributed by atoms with Crippen LogP contribution in [0.5, 0.6) is 5.75 Å². The lowest BCUT2D eigenvalue weighted by atomic mass is 10.3. The molecule has 3 N–H and O–H groups in total. The number of nitrogens with zero attached hydrogens (tertiary/aromatic N) is 3. The molecular formula is C18H12Cl2F2N6O4. The van der Waals surface area contributed by atoms with Crippen LogP contribution in [-0.2, 0) is 4.79 Å². The summed E-state index contributed by atoms with van der Waals surface area (Å²) in [7, 11) is 0. The van der Waals surface area contributed by atoms with Crippen LogP contribution in [0.4, 0.5) is 31.8 Å². The molecule has 0 spiro atoms. The molecule has 0 aliphatic rings. The molecule has 0 saturated carbocycles. The minimum atomic E-state index is -1.15. The SMILES string of the molecule is O=C(COc1ccc(Cl)cc1Cl)NNc1ncnc(Nc2ccc(F)c(F)c2)c1[N+](=O)[O-]. The largest absolute Gasteiger partial charge is 0.482 e. The molecule has 3 aromatic rings. The van der Waals surface area contributed by atoms with Crippen LogP contribution in [0.15, 0.2) is 42.7 Å². The maximum absolute atomic E-state index is 13.4. The number of ether oxygens (including phenoxy) is 1. The van der Waals surface area contributed by atoms with Gasteiger partial charge in [-0.1, -0.05) is 23.2 Å². The van der Waals surface area contributed by atoms with Gasteiger partial charge in [0.1, 0.15) is 12.1 Å². The molecule has 0 bridgehead atoms. The number of rotatable bonds is 8. The third kappa shape index (κ3) is 5.68. The fourth-order valence-corrected chi connectivity index (χ4v) is 2.81. The van der Waals surface area contributed by atoms with Crippen LogP contribution in [0.1, 0.15) is 0 Å². The average molecular weight is 485 g/mol. The molecule has 2 aromatic carbocycles. The Bertz CT molecular complexity index is 1180. The minimum Gasteiger partial charge on any atom is -0.482 e. The number of hydrogen-bond acceptors (Lipinski definition) is 8. The number of hydrogen-bond donors (Lipinski definition) is 3. The summed E-state index contributed by atoms with van der Waals surface area (Å²) < 4.78 is 31.7. The van der Waals surface area contributed by atoms with Crippen molar-refractivity contribution in [2.24, 2.45) is 0 Å². The molecule has 0 unspecified atom stereocenters. The topological polar surface area (TPSA) is 131 Å². The number of hydrazine groups is 1. The molecule has 14 heteroatoms. The van der Waals surface area contributed by atoms with Gasteiger partial charge in [0, 0.05) is 16.8 Å². The average Bonchev–Trinajstić information content (AvgIpc) is 2.74. The zero-order valence-electron chi connectivity index (χ0n) is 15.7. The lowest BCUT2D eigenvalue weighted by Gasteiger charge is -2.12.